The van der Waals surface area contributed by atoms with Crippen LogP contribution in [0.2, 0.25) is 0 Å². The number of hydrogen-bond donors (Lipinski definition) is 1. The third kappa shape index (κ3) is 2.26. The van der Waals surface area contributed by atoms with Crippen molar-refractivity contribution >= 4 is 0 Å². The van der Waals surface area contributed by atoms with Crippen LogP contribution < -0.4 is 5.73 Å². The highest BCUT2D eigenvalue weighted by atomic mass is 19.2. The lowest BCUT2D eigenvalue weighted by atomic mass is 10.0. The molecule has 0 bridgehead atoms. The number of benzene rings is 1. The van der Waals surface area contributed by atoms with E-state index in [1.54, 1.807) is 0 Å². The molecule has 0 amide bonds. The van der Waals surface area contributed by atoms with E-state index in [9.17, 15) is 22.0 Å². The first kappa shape index (κ1) is 11.9. The van der Waals surface area contributed by atoms with Crippen LogP contribution in [0.5, 0.6) is 0 Å². The number of nitrogens with two attached hydrogens (primary N) is 1. The van der Waals surface area contributed by atoms with E-state index >= 15 is 0 Å². The minimum Gasteiger partial charge on any atom is -0.324 e. The normalized spacial score (nSPS) is 12.9. The lowest BCUT2D eigenvalue weighted by Crippen LogP contribution is -2.17. The number of rotatable bonds is 3. The van der Waals surface area contributed by atoms with Gasteiger partial charge < -0.3 is 5.73 Å². The molecule has 0 radical (unpaired) electrons. The minimum absolute atomic E-state index is 0.0797. The third-order valence-electron chi connectivity index (χ3n) is 1.94. The monoisotopic (exact) mass is 225 g/mol. The first-order chi connectivity index (χ1) is 6.99. The molecule has 0 aliphatic heterocycles. The van der Waals surface area contributed by atoms with Gasteiger partial charge in [0.1, 0.15) is 0 Å². The number of hydrogen-bond acceptors (Lipinski definition) is 1. The van der Waals surface area contributed by atoms with Gasteiger partial charge in [0.05, 0.1) is 6.67 Å². The SMILES string of the molecule is N[C@@H](CCF)c1c(F)c(F)cc(F)c1F. The van der Waals surface area contributed by atoms with Gasteiger partial charge in [0.25, 0.3) is 0 Å². The van der Waals surface area contributed by atoms with Gasteiger partial charge in [-0.2, -0.15) is 0 Å². The molecule has 15 heavy (non-hydrogen) atoms. The van der Waals surface area contributed by atoms with E-state index in [4.69, 9.17) is 5.73 Å². The Hall–Kier alpha value is -1.17. The predicted molar refractivity (Wildman–Crippen MR) is 43.8 cm³/mol. The van der Waals surface area contributed by atoms with E-state index in [0.717, 1.165) is 0 Å². The molecule has 0 saturated heterocycles. The van der Waals surface area contributed by atoms with Crippen LogP contribution >= 0.6 is 0 Å². The van der Waals surface area contributed by atoms with Gasteiger partial charge in [0.15, 0.2) is 23.3 Å². The van der Waals surface area contributed by atoms with E-state index in [-0.39, 0.29) is 6.07 Å². The van der Waals surface area contributed by atoms with Gasteiger partial charge in [-0.05, 0) is 6.42 Å². The van der Waals surface area contributed by atoms with E-state index in [1.807, 2.05) is 0 Å². The Labute approximate surface area is 82.7 Å². The van der Waals surface area contributed by atoms with E-state index < -0.39 is 48.0 Å². The quantitative estimate of drug-likeness (QED) is 0.621. The predicted octanol–water partition coefficient (Wildman–Crippen LogP) is 2.60. The van der Waals surface area contributed by atoms with Gasteiger partial charge in [-0.25, -0.2) is 17.6 Å². The minimum atomic E-state index is -1.57. The summed E-state index contributed by atoms with van der Waals surface area (Å²) in [5, 5.41) is 0. The molecule has 0 saturated carbocycles. The van der Waals surface area contributed by atoms with Crippen LogP contribution in [0.15, 0.2) is 6.07 Å². The van der Waals surface area contributed by atoms with Gasteiger partial charge in [0.2, 0.25) is 0 Å². The molecule has 2 N–H and O–H groups in total. The maximum atomic E-state index is 13.0. The Kier molecular flexibility index (Phi) is 3.62. The molecule has 0 fully saturated rings. The Morgan fingerprint density at radius 1 is 1.07 bits per heavy atom. The zero-order chi connectivity index (χ0) is 11.6. The van der Waals surface area contributed by atoms with Crippen molar-refractivity contribution in [3.8, 4) is 0 Å². The van der Waals surface area contributed by atoms with Crippen molar-refractivity contribution in [2.45, 2.75) is 12.5 Å². The average molecular weight is 225 g/mol. The molecule has 0 aliphatic rings. The maximum Gasteiger partial charge on any atom is 0.166 e. The van der Waals surface area contributed by atoms with Crippen LogP contribution in [-0.4, -0.2) is 6.67 Å². The summed E-state index contributed by atoms with van der Waals surface area (Å²) in [4.78, 5) is 0. The molecule has 1 rings (SSSR count). The summed E-state index contributed by atoms with van der Waals surface area (Å²) in [7, 11) is 0. The van der Waals surface area contributed by atoms with E-state index in [2.05, 4.69) is 0 Å². The van der Waals surface area contributed by atoms with Crippen molar-refractivity contribution in [2.24, 2.45) is 5.73 Å². The summed E-state index contributed by atoms with van der Waals surface area (Å²) in [6.45, 7) is -0.932. The molecule has 6 heteroatoms. The van der Waals surface area contributed by atoms with Crippen LogP contribution in [-0.2, 0) is 0 Å². The molecule has 1 aromatic carbocycles. The van der Waals surface area contributed by atoms with Crippen molar-refractivity contribution in [1.29, 1.82) is 0 Å². The van der Waals surface area contributed by atoms with Gasteiger partial charge in [0, 0.05) is 17.7 Å². The van der Waals surface area contributed by atoms with Crippen LogP contribution in [0.4, 0.5) is 22.0 Å². The molecule has 0 unspecified atom stereocenters. The van der Waals surface area contributed by atoms with Gasteiger partial charge in [-0.15, -0.1) is 0 Å². The van der Waals surface area contributed by atoms with Gasteiger partial charge in [-0.3, -0.25) is 4.39 Å². The van der Waals surface area contributed by atoms with Crippen molar-refractivity contribution in [1.82, 2.24) is 0 Å². The summed E-state index contributed by atoms with van der Waals surface area (Å²) in [5.74, 6) is -6.24. The third-order valence-corrected chi connectivity index (χ3v) is 1.94. The molecule has 0 heterocycles. The highest BCUT2D eigenvalue weighted by Crippen LogP contribution is 2.25. The Morgan fingerprint density at radius 3 is 1.93 bits per heavy atom. The molecule has 1 atom stereocenters. The molecular formula is C9H8F5N. The van der Waals surface area contributed by atoms with Gasteiger partial charge in [-0.1, -0.05) is 0 Å². The van der Waals surface area contributed by atoms with Crippen molar-refractivity contribution in [3.63, 3.8) is 0 Å². The topological polar surface area (TPSA) is 26.0 Å². The fourth-order valence-corrected chi connectivity index (χ4v) is 1.18. The second kappa shape index (κ2) is 4.57. The smallest absolute Gasteiger partial charge is 0.166 e. The molecule has 84 valence electrons. The summed E-state index contributed by atoms with van der Waals surface area (Å²) in [6.07, 6.45) is -0.406. The van der Waals surface area contributed by atoms with Gasteiger partial charge >= 0.3 is 0 Å². The summed E-state index contributed by atoms with van der Waals surface area (Å²) in [6, 6.07) is -1.32. The Morgan fingerprint density at radius 2 is 1.53 bits per heavy atom. The largest absolute Gasteiger partial charge is 0.324 e. The van der Waals surface area contributed by atoms with Crippen LogP contribution in [0.1, 0.15) is 18.0 Å². The Bertz CT molecular complexity index is 340. The molecule has 1 nitrogen and oxygen atoms in total. The van der Waals surface area contributed by atoms with Crippen molar-refractivity contribution in [2.75, 3.05) is 6.67 Å². The lowest BCUT2D eigenvalue weighted by Gasteiger charge is -2.12. The number of halogens is 5. The standard InChI is InChI=1S/C9H8F5N/c10-2-1-6(15)7-8(13)4(11)3-5(12)9(7)14/h3,6H,1-2,15H2/t6-/m0/s1. The summed E-state index contributed by atoms with van der Waals surface area (Å²) >= 11 is 0. The summed E-state index contributed by atoms with van der Waals surface area (Å²) < 4.78 is 63.3. The molecule has 1 aromatic rings. The number of alkyl halides is 1. The Balaban J connectivity index is 3.26. The zero-order valence-corrected chi connectivity index (χ0v) is 7.54. The molecule has 0 spiro atoms. The zero-order valence-electron chi connectivity index (χ0n) is 7.54. The highest BCUT2D eigenvalue weighted by molar-refractivity contribution is 5.25. The molecule has 0 aliphatic carbocycles. The first-order valence-corrected chi connectivity index (χ1v) is 4.13. The second-order valence-corrected chi connectivity index (χ2v) is 2.97. The fraction of sp³-hybridized carbons (Fsp3) is 0.333. The maximum absolute atomic E-state index is 13.0. The highest BCUT2D eigenvalue weighted by Gasteiger charge is 2.23. The van der Waals surface area contributed by atoms with Crippen LogP contribution in [0.25, 0.3) is 0 Å². The van der Waals surface area contributed by atoms with Crippen LogP contribution in [0, 0.1) is 23.3 Å². The van der Waals surface area contributed by atoms with E-state index in [1.165, 1.54) is 0 Å². The fourth-order valence-electron chi connectivity index (χ4n) is 1.18. The summed E-state index contributed by atoms with van der Waals surface area (Å²) in [5.41, 5.74) is 4.24. The van der Waals surface area contributed by atoms with Crippen LogP contribution in [0.3, 0.4) is 0 Å². The van der Waals surface area contributed by atoms with E-state index in [0.29, 0.717) is 0 Å². The molecular weight excluding hydrogens is 217 g/mol. The molecule has 0 aromatic heterocycles. The average Bonchev–Trinajstić information content (AvgIpc) is 2.16. The van der Waals surface area contributed by atoms with Crippen molar-refractivity contribution in [3.05, 3.63) is 34.9 Å². The first-order valence-electron chi connectivity index (χ1n) is 4.13. The second-order valence-electron chi connectivity index (χ2n) is 2.97. The van der Waals surface area contributed by atoms with Crippen molar-refractivity contribution < 1.29 is 22.0 Å². The lowest BCUT2D eigenvalue weighted by molar-refractivity contribution is 0.397.